The standard InChI is InChI=1S/C15H11Br2Cl2NO2/c1-2-8-5-10(16)14(11(17)6-8)22-15(21)20-9-3-4-12(18)13(19)7-9/h3-7H,2H2,1H3,(H,20,21). The Labute approximate surface area is 155 Å². The summed E-state index contributed by atoms with van der Waals surface area (Å²) >= 11 is 18.5. The van der Waals surface area contributed by atoms with E-state index in [9.17, 15) is 4.79 Å². The van der Waals surface area contributed by atoms with Crippen LogP contribution in [0.25, 0.3) is 0 Å². The number of carbonyl (C=O) groups excluding carboxylic acids is 1. The van der Waals surface area contributed by atoms with Gasteiger partial charge in [0.1, 0.15) is 0 Å². The molecule has 2 aromatic rings. The Morgan fingerprint density at radius 3 is 2.32 bits per heavy atom. The van der Waals surface area contributed by atoms with Gasteiger partial charge in [-0.25, -0.2) is 4.79 Å². The van der Waals surface area contributed by atoms with Gasteiger partial charge in [-0.3, -0.25) is 5.32 Å². The van der Waals surface area contributed by atoms with Gasteiger partial charge in [-0.15, -0.1) is 0 Å². The van der Waals surface area contributed by atoms with Crippen LogP contribution in [0.2, 0.25) is 10.0 Å². The maximum Gasteiger partial charge on any atom is 0.417 e. The van der Waals surface area contributed by atoms with Crippen LogP contribution in [0.15, 0.2) is 39.3 Å². The van der Waals surface area contributed by atoms with Crippen molar-refractivity contribution in [2.24, 2.45) is 0 Å². The van der Waals surface area contributed by atoms with Crippen LogP contribution in [-0.4, -0.2) is 6.09 Å². The van der Waals surface area contributed by atoms with Gasteiger partial charge in [-0.05, 0) is 74.2 Å². The van der Waals surface area contributed by atoms with Gasteiger partial charge in [-0.1, -0.05) is 30.1 Å². The topological polar surface area (TPSA) is 38.3 Å². The average Bonchev–Trinajstić information content (AvgIpc) is 2.46. The van der Waals surface area contributed by atoms with E-state index in [-0.39, 0.29) is 0 Å². The van der Waals surface area contributed by atoms with Crippen molar-refractivity contribution in [1.29, 1.82) is 0 Å². The second kappa shape index (κ2) is 7.68. The van der Waals surface area contributed by atoms with E-state index in [0.29, 0.717) is 30.4 Å². The van der Waals surface area contributed by atoms with Gasteiger partial charge in [0.2, 0.25) is 0 Å². The van der Waals surface area contributed by atoms with E-state index in [1.807, 2.05) is 19.1 Å². The van der Waals surface area contributed by atoms with Gasteiger partial charge in [0.25, 0.3) is 0 Å². The first-order valence-corrected chi connectivity index (χ1v) is 8.66. The number of hydrogen-bond acceptors (Lipinski definition) is 2. The molecule has 0 bridgehead atoms. The largest absolute Gasteiger partial charge is 0.417 e. The highest BCUT2D eigenvalue weighted by Gasteiger charge is 2.13. The fourth-order valence-corrected chi connectivity index (χ4v) is 3.47. The molecule has 2 rings (SSSR count). The third-order valence-corrected chi connectivity index (χ3v) is 4.74. The molecule has 0 saturated heterocycles. The van der Waals surface area contributed by atoms with Gasteiger partial charge < -0.3 is 4.74 Å². The summed E-state index contributed by atoms with van der Waals surface area (Å²) in [5.74, 6) is 0.412. The molecule has 0 atom stereocenters. The Kier molecular flexibility index (Phi) is 6.15. The SMILES string of the molecule is CCc1cc(Br)c(OC(=O)Nc2ccc(Cl)c(Cl)c2)c(Br)c1. The normalized spacial score (nSPS) is 10.4. The predicted octanol–water partition coefficient (Wildman–Crippen LogP) is 6.69. The number of anilines is 1. The Morgan fingerprint density at radius 1 is 1.14 bits per heavy atom. The molecular weight excluding hydrogens is 457 g/mol. The molecule has 116 valence electrons. The fraction of sp³-hybridized carbons (Fsp3) is 0.133. The lowest BCUT2D eigenvalue weighted by Crippen LogP contribution is -2.17. The lowest BCUT2D eigenvalue weighted by Gasteiger charge is -2.11. The van der Waals surface area contributed by atoms with Crippen molar-refractivity contribution >= 4 is 66.8 Å². The van der Waals surface area contributed by atoms with E-state index in [4.69, 9.17) is 27.9 Å². The third kappa shape index (κ3) is 4.38. The summed E-state index contributed by atoms with van der Waals surface area (Å²) < 4.78 is 6.72. The van der Waals surface area contributed by atoms with E-state index in [1.54, 1.807) is 18.2 Å². The number of benzene rings is 2. The summed E-state index contributed by atoms with van der Waals surface area (Å²) in [6, 6.07) is 8.61. The molecule has 0 aliphatic rings. The molecule has 0 heterocycles. The molecule has 0 fully saturated rings. The number of nitrogens with one attached hydrogen (secondary N) is 1. The molecule has 2 aromatic carbocycles. The van der Waals surface area contributed by atoms with Crippen LogP contribution >= 0.6 is 55.1 Å². The van der Waals surface area contributed by atoms with Crippen molar-refractivity contribution in [3.05, 3.63) is 54.9 Å². The maximum absolute atomic E-state index is 12.0. The second-order valence-corrected chi connectivity index (χ2v) is 6.91. The number of carbonyl (C=O) groups is 1. The van der Waals surface area contributed by atoms with E-state index >= 15 is 0 Å². The molecule has 0 saturated carbocycles. The fourth-order valence-electron chi connectivity index (χ4n) is 1.72. The molecule has 22 heavy (non-hydrogen) atoms. The summed E-state index contributed by atoms with van der Waals surface area (Å²) in [7, 11) is 0. The highest BCUT2D eigenvalue weighted by atomic mass is 79.9. The van der Waals surface area contributed by atoms with E-state index in [2.05, 4.69) is 37.2 Å². The monoisotopic (exact) mass is 465 g/mol. The average molecular weight is 468 g/mol. The molecule has 7 heteroatoms. The molecular formula is C15H11Br2Cl2NO2. The number of hydrogen-bond donors (Lipinski definition) is 1. The van der Waals surface area contributed by atoms with Gasteiger partial charge in [-0.2, -0.15) is 0 Å². The Balaban J connectivity index is 2.13. The molecule has 1 amide bonds. The van der Waals surface area contributed by atoms with Crippen molar-refractivity contribution in [2.75, 3.05) is 5.32 Å². The first-order chi connectivity index (χ1) is 10.4. The van der Waals surface area contributed by atoms with Crippen molar-refractivity contribution in [1.82, 2.24) is 0 Å². The van der Waals surface area contributed by atoms with Gasteiger partial charge in [0, 0.05) is 5.69 Å². The van der Waals surface area contributed by atoms with Crippen LogP contribution in [-0.2, 0) is 6.42 Å². The van der Waals surface area contributed by atoms with Gasteiger partial charge >= 0.3 is 6.09 Å². The van der Waals surface area contributed by atoms with E-state index in [0.717, 1.165) is 12.0 Å². The Bertz CT molecular complexity index is 700. The maximum atomic E-state index is 12.0. The molecule has 0 aromatic heterocycles. The van der Waals surface area contributed by atoms with Gasteiger partial charge in [0.15, 0.2) is 5.75 Å². The van der Waals surface area contributed by atoms with E-state index < -0.39 is 6.09 Å². The second-order valence-electron chi connectivity index (χ2n) is 4.39. The first-order valence-electron chi connectivity index (χ1n) is 6.32. The minimum atomic E-state index is -0.621. The molecule has 0 spiro atoms. The number of halogens is 4. The summed E-state index contributed by atoms with van der Waals surface area (Å²) in [6.07, 6.45) is 0.261. The van der Waals surface area contributed by atoms with Crippen molar-refractivity contribution in [3.63, 3.8) is 0 Å². The summed E-state index contributed by atoms with van der Waals surface area (Å²) in [6.45, 7) is 2.05. The molecule has 0 aliphatic heterocycles. The summed E-state index contributed by atoms with van der Waals surface area (Å²) in [5.41, 5.74) is 1.62. The van der Waals surface area contributed by atoms with Crippen LogP contribution in [0.5, 0.6) is 5.75 Å². The van der Waals surface area contributed by atoms with Crippen LogP contribution < -0.4 is 10.1 Å². The predicted molar refractivity (Wildman–Crippen MR) is 97.3 cm³/mol. The zero-order valence-corrected chi connectivity index (χ0v) is 16.1. The van der Waals surface area contributed by atoms with E-state index in [1.165, 1.54) is 0 Å². The van der Waals surface area contributed by atoms with Crippen LogP contribution in [0, 0.1) is 0 Å². The molecule has 0 aliphatic carbocycles. The lowest BCUT2D eigenvalue weighted by atomic mass is 10.2. The first kappa shape index (κ1) is 17.6. The number of rotatable bonds is 3. The summed E-state index contributed by atoms with van der Waals surface area (Å²) in [5, 5.41) is 3.37. The minimum Gasteiger partial charge on any atom is -0.408 e. The Morgan fingerprint density at radius 2 is 1.77 bits per heavy atom. The number of amides is 1. The van der Waals surface area contributed by atoms with Crippen LogP contribution in [0.3, 0.4) is 0 Å². The lowest BCUT2D eigenvalue weighted by molar-refractivity contribution is 0.214. The highest BCUT2D eigenvalue weighted by molar-refractivity contribution is 9.11. The zero-order chi connectivity index (χ0) is 16.3. The smallest absolute Gasteiger partial charge is 0.408 e. The molecule has 0 radical (unpaired) electrons. The van der Waals surface area contributed by atoms with Crippen molar-refractivity contribution in [2.45, 2.75) is 13.3 Å². The summed E-state index contributed by atoms with van der Waals surface area (Å²) in [4.78, 5) is 12.0. The van der Waals surface area contributed by atoms with Crippen molar-refractivity contribution in [3.8, 4) is 5.75 Å². The zero-order valence-electron chi connectivity index (χ0n) is 11.4. The molecule has 1 N–H and O–H groups in total. The quantitative estimate of drug-likeness (QED) is 0.546. The van der Waals surface area contributed by atoms with Crippen LogP contribution in [0.4, 0.5) is 10.5 Å². The Hall–Kier alpha value is -0.750. The number of ether oxygens (including phenoxy) is 1. The van der Waals surface area contributed by atoms with Crippen LogP contribution in [0.1, 0.15) is 12.5 Å². The minimum absolute atomic E-state index is 0.356. The highest BCUT2D eigenvalue weighted by Crippen LogP contribution is 2.35. The van der Waals surface area contributed by atoms with Gasteiger partial charge in [0.05, 0.1) is 19.0 Å². The van der Waals surface area contributed by atoms with Crippen molar-refractivity contribution < 1.29 is 9.53 Å². The molecule has 0 unspecified atom stereocenters. The number of aryl methyl sites for hydroxylation is 1. The molecule has 3 nitrogen and oxygen atoms in total. The third-order valence-electron chi connectivity index (χ3n) is 2.83.